The zero-order valence-corrected chi connectivity index (χ0v) is 16.0. The van der Waals surface area contributed by atoms with Crippen LogP contribution >= 0.6 is 11.3 Å². The Morgan fingerprint density at radius 2 is 2.08 bits per heavy atom. The Morgan fingerprint density at radius 3 is 2.84 bits per heavy atom. The standard InChI is InChI=1S/C19H28N2O3S/c1-3-24-19(23)17-14-8-4-5-9-15(14)25-18(17)20-16(22)12-21-10-6-7-13(2)11-21/h13H,3-12H2,1-2H3,(H,20,22)/t13-/m1/s1. The van der Waals surface area contributed by atoms with Gasteiger partial charge in [-0.05, 0) is 63.5 Å². The minimum Gasteiger partial charge on any atom is -0.462 e. The number of esters is 1. The Morgan fingerprint density at radius 1 is 1.28 bits per heavy atom. The predicted molar refractivity (Wildman–Crippen MR) is 100 cm³/mol. The van der Waals surface area contributed by atoms with Crippen molar-refractivity contribution in [3.63, 3.8) is 0 Å². The van der Waals surface area contributed by atoms with E-state index in [4.69, 9.17) is 4.74 Å². The van der Waals surface area contributed by atoms with Crippen LogP contribution in [0, 0.1) is 5.92 Å². The summed E-state index contributed by atoms with van der Waals surface area (Å²) in [5.41, 5.74) is 1.69. The third kappa shape index (κ3) is 4.42. The summed E-state index contributed by atoms with van der Waals surface area (Å²) < 4.78 is 5.24. The Hall–Kier alpha value is -1.40. The Labute approximate surface area is 153 Å². The van der Waals surface area contributed by atoms with E-state index in [1.807, 2.05) is 6.92 Å². The van der Waals surface area contributed by atoms with Crippen molar-refractivity contribution in [1.29, 1.82) is 0 Å². The fourth-order valence-electron chi connectivity index (χ4n) is 3.87. The molecule has 0 unspecified atom stereocenters. The van der Waals surface area contributed by atoms with Gasteiger partial charge in [0.2, 0.25) is 5.91 Å². The third-order valence-electron chi connectivity index (χ3n) is 5.01. The summed E-state index contributed by atoms with van der Waals surface area (Å²) in [4.78, 5) is 28.4. The predicted octanol–water partition coefficient (Wildman–Crippen LogP) is 3.47. The lowest BCUT2D eigenvalue weighted by atomic mass is 9.95. The number of nitrogens with one attached hydrogen (secondary N) is 1. The second kappa shape index (κ2) is 8.32. The maximum absolute atomic E-state index is 12.5. The molecule has 1 N–H and O–H groups in total. The van der Waals surface area contributed by atoms with Crippen molar-refractivity contribution in [1.82, 2.24) is 4.90 Å². The third-order valence-corrected chi connectivity index (χ3v) is 6.22. The van der Waals surface area contributed by atoms with Gasteiger partial charge in [0, 0.05) is 11.4 Å². The number of piperidine rings is 1. The van der Waals surface area contributed by atoms with Crippen molar-refractivity contribution in [3.05, 3.63) is 16.0 Å². The summed E-state index contributed by atoms with van der Waals surface area (Å²) in [5.74, 6) is 0.313. The molecule has 1 aromatic heterocycles. The van der Waals surface area contributed by atoms with Crippen molar-refractivity contribution in [3.8, 4) is 0 Å². The quantitative estimate of drug-likeness (QED) is 0.813. The Balaban J connectivity index is 1.73. The average Bonchev–Trinajstić information content (AvgIpc) is 2.92. The van der Waals surface area contributed by atoms with Gasteiger partial charge in [-0.3, -0.25) is 9.69 Å². The van der Waals surface area contributed by atoms with E-state index in [-0.39, 0.29) is 11.9 Å². The molecule has 25 heavy (non-hydrogen) atoms. The molecular formula is C19H28N2O3S. The number of carbonyl (C=O) groups is 2. The van der Waals surface area contributed by atoms with Crippen LogP contribution in [-0.2, 0) is 22.4 Å². The van der Waals surface area contributed by atoms with Gasteiger partial charge in [-0.15, -0.1) is 11.3 Å². The number of likely N-dealkylation sites (tertiary alicyclic amines) is 1. The van der Waals surface area contributed by atoms with E-state index in [2.05, 4.69) is 17.1 Å². The molecule has 0 bridgehead atoms. The van der Waals surface area contributed by atoms with E-state index >= 15 is 0 Å². The van der Waals surface area contributed by atoms with E-state index < -0.39 is 0 Å². The number of nitrogens with zero attached hydrogens (tertiary/aromatic N) is 1. The minimum absolute atomic E-state index is 0.0294. The highest BCUT2D eigenvalue weighted by molar-refractivity contribution is 7.17. The largest absolute Gasteiger partial charge is 0.462 e. The summed E-state index contributed by atoms with van der Waals surface area (Å²) in [6.45, 7) is 6.74. The van der Waals surface area contributed by atoms with Gasteiger partial charge in [0.25, 0.3) is 0 Å². The average molecular weight is 365 g/mol. The van der Waals surface area contributed by atoms with E-state index in [1.54, 1.807) is 11.3 Å². The van der Waals surface area contributed by atoms with E-state index in [1.165, 1.54) is 11.3 Å². The number of rotatable bonds is 5. The topological polar surface area (TPSA) is 58.6 Å². The highest BCUT2D eigenvalue weighted by Gasteiger charge is 2.27. The molecule has 1 aliphatic heterocycles. The maximum Gasteiger partial charge on any atom is 0.341 e. The van der Waals surface area contributed by atoms with Gasteiger partial charge in [0.05, 0.1) is 18.7 Å². The van der Waals surface area contributed by atoms with Crippen LogP contribution in [0.1, 0.15) is 60.3 Å². The van der Waals surface area contributed by atoms with Crippen LogP contribution in [0.4, 0.5) is 5.00 Å². The number of fused-ring (bicyclic) bond motifs is 1. The molecule has 5 nitrogen and oxygen atoms in total. The molecule has 2 aliphatic rings. The lowest BCUT2D eigenvalue weighted by Crippen LogP contribution is -2.39. The summed E-state index contributed by atoms with van der Waals surface area (Å²) >= 11 is 1.56. The first-order valence-corrected chi connectivity index (χ1v) is 10.2. The molecule has 2 heterocycles. The number of aryl methyl sites for hydroxylation is 1. The van der Waals surface area contributed by atoms with Crippen LogP contribution in [0.5, 0.6) is 0 Å². The molecule has 3 rings (SSSR count). The molecule has 0 aromatic carbocycles. The first-order valence-electron chi connectivity index (χ1n) is 9.42. The minimum atomic E-state index is -0.302. The highest BCUT2D eigenvalue weighted by atomic mass is 32.1. The van der Waals surface area contributed by atoms with E-state index in [0.29, 0.717) is 29.6 Å². The lowest BCUT2D eigenvalue weighted by molar-refractivity contribution is -0.117. The number of hydrogen-bond acceptors (Lipinski definition) is 5. The number of thiophene rings is 1. The molecule has 6 heteroatoms. The number of hydrogen-bond donors (Lipinski definition) is 1. The molecule has 1 atom stereocenters. The van der Waals surface area contributed by atoms with Crippen molar-refractivity contribution in [2.75, 3.05) is 31.6 Å². The smallest absolute Gasteiger partial charge is 0.341 e. The van der Waals surface area contributed by atoms with Crippen LogP contribution in [0.3, 0.4) is 0 Å². The molecule has 1 fully saturated rings. The number of carbonyl (C=O) groups excluding carboxylic acids is 2. The number of ether oxygens (including phenoxy) is 1. The van der Waals surface area contributed by atoms with Crippen LogP contribution in [0.15, 0.2) is 0 Å². The second-order valence-corrected chi connectivity index (χ2v) is 8.27. The molecule has 0 spiro atoms. The monoisotopic (exact) mass is 364 g/mol. The van der Waals surface area contributed by atoms with Crippen LogP contribution in [-0.4, -0.2) is 43.0 Å². The Kier molecular flexibility index (Phi) is 6.12. The lowest BCUT2D eigenvalue weighted by Gasteiger charge is -2.30. The summed E-state index contributed by atoms with van der Waals surface area (Å²) in [6, 6.07) is 0. The van der Waals surface area contributed by atoms with Crippen LogP contribution in [0.2, 0.25) is 0 Å². The fourth-order valence-corrected chi connectivity index (χ4v) is 5.17. The zero-order chi connectivity index (χ0) is 17.8. The van der Waals surface area contributed by atoms with Gasteiger partial charge in [0.1, 0.15) is 5.00 Å². The fraction of sp³-hybridized carbons (Fsp3) is 0.684. The molecule has 1 aliphatic carbocycles. The van der Waals surface area contributed by atoms with Crippen molar-refractivity contribution in [2.24, 2.45) is 5.92 Å². The summed E-state index contributed by atoms with van der Waals surface area (Å²) in [7, 11) is 0. The molecule has 1 saturated heterocycles. The summed E-state index contributed by atoms with van der Waals surface area (Å²) in [5, 5.41) is 3.69. The van der Waals surface area contributed by atoms with Gasteiger partial charge in [0.15, 0.2) is 0 Å². The van der Waals surface area contributed by atoms with Crippen LogP contribution in [0.25, 0.3) is 0 Å². The van der Waals surface area contributed by atoms with Gasteiger partial charge in [-0.1, -0.05) is 6.92 Å². The van der Waals surface area contributed by atoms with Gasteiger partial charge in [-0.2, -0.15) is 0 Å². The number of amides is 1. The molecule has 0 radical (unpaired) electrons. The van der Waals surface area contributed by atoms with Crippen LogP contribution < -0.4 is 5.32 Å². The zero-order valence-electron chi connectivity index (χ0n) is 15.2. The second-order valence-electron chi connectivity index (χ2n) is 7.17. The van der Waals surface area contributed by atoms with Crippen molar-refractivity contribution in [2.45, 2.75) is 52.4 Å². The molecule has 138 valence electrons. The maximum atomic E-state index is 12.5. The SMILES string of the molecule is CCOC(=O)c1c(NC(=O)CN2CCC[C@@H](C)C2)sc2c1CCCC2. The van der Waals surface area contributed by atoms with Crippen molar-refractivity contribution < 1.29 is 14.3 Å². The van der Waals surface area contributed by atoms with Gasteiger partial charge in [-0.25, -0.2) is 4.79 Å². The molecular weight excluding hydrogens is 336 g/mol. The molecule has 1 amide bonds. The van der Waals surface area contributed by atoms with Gasteiger partial charge >= 0.3 is 5.97 Å². The Bertz CT molecular complexity index is 641. The summed E-state index contributed by atoms with van der Waals surface area (Å²) in [6.07, 6.45) is 6.52. The van der Waals surface area contributed by atoms with E-state index in [0.717, 1.165) is 50.8 Å². The van der Waals surface area contributed by atoms with E-state index in [9.17, 15) is 9.59 Å². The first kappa shape index (κ1) is 18.4. The highest BCUT2D eigenvalue weighted by Crippen LogP contribution is 2.38. The number of anilines is 1. The van der Waals surface area contributed by atoms with Crippen molar-refractivity contribution >= 4 is 28.2 Å². The normalized spacial score (nSPS) is 20.8. The molecule has 1 aromatic rings. The first-order chi connectivity index (χ1) is 12.1. The van der Waals surface area contributed by atoms with Gasteiger partial charge < -0.3 is 10.1 Å². The molecule has 0 saturated carbocycles.